The first-order chi connectivity index (χ1) is 8.58. The maximum absolute atomic E-state index is 12.0. The summed E-state index contributed by atoms with van der Waals surface area (Å²) < 4.78 is 35.9. The lowest BCUT2D eigenvalue weighted by Crippen LogP contribution is -2.18. The molecule has 0 aliphatic heterocycles. The van der Waals surface area contributed by atoms with E-state index < -0.39 is 5.51 Å². The Hall–Kier alpha value is -0.690. The number of nitrogens with one attached hydrogen (secondary N) is 1. The van der Waals surface area contributed by atoms with Crippen LogP contribution in [0.2, 0.25) is 5.15 Å². The van der Waals surface area contributed by atoms with Crippen molar-refractivity contribution in [2.24, 2.45) is 0 Å². The average molecular weight is 314 g/mol. The number of hydrogen-bond donors (Lipinski definition) is 1. The Balaban J connectivity index is 2.62. The molecule has 0 aliphatic carbocycles. The molecule has 0 aliphatic rings. The standard InChI is InChI=1S/C11H15ClF3N3S/c1-10(2,3)9-17-7(12)6-8(18-9)16-4-5-19-11(13,14)15/h6H,4-5H2,1-3H3,(H,16,17,18). The van der Waals surface area contributed by atoms with Gasteiger partial charge in [-0.1, -0.05) is 32.4 Å². The van der Waals surface area contributed by atoms with E-state index in [1.807, 2.05) is 20.8 Å². The summed E-state index contributed by atoms with van der Waals surface area (Å²) in [5.74, 6) is 0.898. The Morgan fingerprint density at radius 3 is 2.42 bits per heavy atom. The highest BCUT2D eigenvalue weighted by Crippen LogP contribution is 2.29. The summed E-state index contributed by atoms with van der Waals surface area (Å²) in [6, 6.07) is 1.50. The van der Waals surface area contributed by atoms with Crippen LogP contribution in [-0.2, 0) is 5.41 Å². The summed E-state index contributed by atoms with van der Waals surface area (Å²) in [6.45, 7) is 5.95. The van der Waals surface area contributed by atoms with Crippen molar-refractivity contribution in [2.45, 2.75) is 31.7 Å². The normalized spacial score (nSPS) is 12.6. The third kappa shape index (κ3) is 6.33. The molecule has 0 unspecified atom stereocenters. The molecule has 1 rings (SSSR count). The molecule has 1 aromatic heterocycles. The van der Waals surface area contributed by atoms with Crippen molar-refractivity contribution in [3.63, 3.8) is 0 Å². The number of halogens is 4. The Kier molecular flexibility index (Phi) is 5.32. The van der Waals surface area contributed by atoms with Crippen LogP contribution in [0.25, 0.3) is 0 Å². The second-order valence-corrected chi connectivity index (χ2v) is 6.42. The maximum atomic E-state index is 12.0. The zero-order valence-corrected chi connectivity index (χ0v) is 12.4. The molecular weight excluding hydrogens is 299 g/mol. The molecule has 0 amide bonds. The summed E-state index contributed by atoms with van der Waals surface area (Å²) >= 11 is 5.79. The first-order valence-corrected chi connectivity index (χ1v) is 6.94. The molecule has 1 aromatic rings. The van der Waals surface area contributed by atoms with Crippen LogP contribution in [0.5, 0.6) is 0 Å². The maximum Gasteiger partial charge on any atom is 0.441 e. The van der Waals surface area contributed by atoms with Gasteiger partial charge in [0, 0.05) is 23.8 Å². The second-order valence-electron chi connectivity index (χ2n) is 4.87. The van der Waals surface area contributed by atoms with Gasteiger partial charge in [0.1, 0.15) is 16.8 Å². The van der Waals surface area contributed by atoms with Crippen LogP contribution in [0.3, 0.4) is 0 Å². The fourth-order valence-corrected chi connectivity index (χ4v) is 1.81. The van der Waals surface area contributed by atoms with E-state index in [-0.39, 0.29) is 34.6 Å². The Morgan fingerprint density at radius 1 is 1.26 bits per heavy atom. The van der Waals surface area contributed by atoms with E-state index in [1.54, 1.807) is 0 Å². The Labute approximate surface area is 119 Å². The highest BCUT2D eigenvalue weighted by molar-refractivity contribution is 8.00. The average Bonchev–Trinajstić information content (AvgIpc) is 2.21. The van der Waals surface area contributed by atoms with Gasteiger partial charge in [0.25, 0.3) is 0 Å². The van der Waals surface area contributed by atoms with Gasteiger partial charge in [0.15, 0.2) is 0 Å². The molecule has 0 saturated carbocycles. The molecule has 0 aromatic carbocycles. The van der Waals surface area contributed by atoms with Gasteiger partial charge in [-0.3, -0.25) is 0 Å². The molecule has 0 saturated heterocycles. The molecule has 8 heteroatoms. The zero-order valence-electron chi connectivity index (χ0n) is 10.8. The van der Waals surface area contributed by atoms with Crippen LogP contribution in [0.15, 0.2) is 6.07 Å². The molecule has 0 radical (unpaired) electrons. The number of alkyl halides is 3. The highest BCUT2D eigenvalue weighted by atomic mass is 35.5. The number of thioether (sulfide) groups is 1. The number of rotatable bonds is 4. The molecule has 1 heterocycles. The van der Waals surface area contributed by atoms with Gasteiger partial charge in [-0.2, -0.15) is 13.2 Å². The van der Waals surface area contributed by atoms with Crippen LogP contribution in [0.1, 0.15) is 26.6 Å². The van der Waals surface area contributed by atoms with Crippen LogP contribution in [0, 0.1) is 0 Å². The van der Waals surface area contributed by atoms with Crippen molar-refractivity contribution in [2.75, 3.05) is 17.6 Å². The molecule has 3 nitrogen and oxygen atoms in total. The zero-order chi connectivity index (χ0) is 14.7. The molecule has 1 N–H and O–H groups in total. The van der Waals surface area contributed by atoms with E-state index >= 15 is 0 Å². The van der Waals surface area contributed by atoms with E-state index in [4.69, 9.17) is 11.6 Å². The summed E-state index contributed by atoms with van der Waals surface area (Å²) in [7, 11) is 0. The Morgan fingerprint density at radius 2 is 1.89 bits per heavy atom. The monoisotopic (exact) mass is 313 g/mol. The van der Waals surface area contributed by atoms with E-state index in [2.05, 4.69) is 15.3 Å². The summed E-state index contributed by atoms with van der Waals surface area (Å²) in [4.78, 5) is 8.34. The van der Waals surface area contributed by atoms with Gasteiger partial charge in [-0.15, -0.1) is 0 Å². The molecular formula is C11H15ClF3N3S. The summed E-state index contributed by atoms with van der Waals surface area (Å²) in [5, 5.41) is 3.08. The minimum Gasteiger partial charge on any atom is -0.369 e. The molecule has 0 bridgehead atoms. The third-order valence-corrected chi connectivity index (χ3v) is 2.97. The van der Waals surface area contributed by atoms with Crippen molar-refractivity contribution < 1.29 is 13.2 Å². The van der Waals surface area contributed by atoms with Crippen molar-refractivity contribution in [1.29, 1.82) is 0 Å². The van der Waals surface area contributed by atoms with Crippen LogP contribution < -0.4 is 5.32 Å². The largest absolute Gasteiger partial charge is 0.441 e. The SMILES string of the molecule is CC(C)(C)c1nc(Cl)cc(NCCSC(F)(F)F)n1. The van der Waals surface area contributed by atoms with Gasteiger partial charge in [-0.25, -0.2) is 9.97 Å². The van der Waals surface area contributed by atoms with Crippen molar-refractivity contribution >= 4 is 29.2 Å². The Bertz CT molecular complexity index is 432. The van der Waals surface area contributed by atoms with Crippen LogP contribution in [0.4, 0.5) is 19.0 Å². The quantitative estimate of drug-likeness (QED) is 0.671. The molecule has 0 spiro atoms. The third-order valence-electron chi connectivity index (χ3n) is 2.04. The number of hydrogen-bond acceptors (Lipinski definition) is 4. The van der Waals surface area contributed by atoms with E-state index in [9.17, 15) is 13.2 Å². The summed E-state index contributed by atoms with van der Waals surface area (Å²) in [6.07, 6.45) is 0. The van der Waals surface area contributed by atoms with E-state index in [1.165, 1.54) is 6.07 Å². The fourth-order valence-electron chi connectivity index (χ4n) is 1.19. The molecule has 108 valence electrons. The highest BCUT2D eigenvalue weighted by Gasteiger charge is 2.27. The van der Waals surface area contributed by atoms with Gasteiger partial charge >= 0.3 is 5.51 Å². The van der Waals surface area contributed by atoms with Crippen molar-refractivity contribution in [3.05, 3.63) is 17.0 Å². The first-order valence-electron chi connectivity index (χ1n) is 5.57. The first kappa shape index (κ1) is 16.4. The van der Waals surface area contributed by atoms with Crippen molar-refractivity contribution in [1.82, 2.24) is 9.97 Å². The van der Waals surface area contributed by atoms with Crippen LogP contribution in [-0.4, -0.2) is 27.8 Å². The van der Waals surface area contributed by atoms with Gasteiger partial charge in [0.2, 0.25) is 0 Å². The summed E-state index contributed by atoms with van der Waals surface area (Å²) in [5.41, 5.74) is -4.48. The number of aromatic nitrogens is 2. The van der Waals surface area contributed by atoms with Gasteiger partial charge < -0.3 is 5.32 Å². The fraction of sp³-hybridized carbons (Fsp3) is 0.636. The molecule has 0 fully saturated rings. The van der Waals surface area contributed by atoms with Crippen molar-refractivity contribution in [3.8, 4) is 0 Å². The van der Waals surface area contributed by atoms with E-state index in [0.717, 1.165) is 0 Å². The molecule has 0 atom stereocenters. The smallest absolute Gasteiger partial charge is 0.369 e. The predicted molar refractivity (Wildman–Crippen MR) is 72.7 cm³/mol. The minimum atomic E-state index is -4.21. The topological polar surface area (TPSA) is 37.8 Å². The van der Waals surface area contributed by atoms with Gasteiger partial charge in [0.05, 0.1) is 0 Å². The number of nitrogens with zero attached hydrogens (tertiary/aromatic N) is 2. The van der Waals surface area contributed by atoms with E-state index in [0.29, 0.717) is 11.6 Å². The van der Waals surface area contributed by atoms with Gasteiger partial charge in [-0.05, 0) is 11.8 Å². The minimum absolute atomic E-state index is 0.0721. The lowest BCUT2D eigenvalue weighted by molar-refractivity contribution is -0.0327. The lowest BCUT2D eigenvalue weighted by atomic mass is 9.96. The molecule has 19 heavy (non-hydrogen) atoms. The number of anilines is 1. The second kappa shape index (κ2) is 6.17. The lowest BCUT2D eigenvalue weighted by Gasteiger charge is -2.17. The predicted octanol–water partition coefficient (Wildman–Crippen LogP) is 4.09. The van der Waals surface area contributed by atoms with Crippen LogP contribution >= 0.6 is 23.4 Å².